The molecule has 1 unspecified atom stereocenters. The zero-order valence-corrected chi connectivity index (χ0v) is 17.2. The second-order valence-corrected chi connectivity index (χ2v) is 7.79. The molecule has 0 aliphatic carbocycles. The number of halogens is 1. The summed E-state index contributed by atoms with van der Waals surface area (Å²) in [6, 6.07) is 16.6. The number of rotatable bonds is 4. The van der Waals surface area contributed by atoms with Crippen molar-refractivity contribution in [3.63, 3.8) is 0 Å². The largest absolute Gasteiger partial charge is 0.369 e. The van der Waals surface area contributed by atoms with Crippen LogP contribution in [0.3, 0.4) is 0 Å². The van der Waals surface area contributed by atoms with Crippen molar-refractivity contribution in [1.29, 1.82) is 0 Å². The molecule has 0 saturated carbocycles. The second kappa shape index (κ2) is 9.11. The number of nitrogens with two attached hydrogens (primary N) is 1. The fraction of sp³-hybridized carbons (Fsp3) is 0.333. The van der Waals surface area contributed by atoms with Gasteiger partial charge in [-0.3, -0.25) is 0 Å². The van der Waals surface area contributed by atoms with Crippen molar-refractivity contribution in [1.82, 2.24) is 10.1 Å². The number of hydrogen-bond acceptors (Lipinski definition) is 3. The van der Waals surface area contributed by atoms with Crippen molar-refractivity contribution < 1.29 is 8.91 Å². The van der Waals surface area contributed by atoms with Crippen LogP contribution in [-0.2, 0) is 0 Å². The zero-order chi connectivity index (χ0) is 20.9. The van der Waals surface area contributed by atoms with E-state index >= 15 is 0 Å². The van der Waals surface area contributed by atoms with E-state index in [0.717, 1.165) is 37.1 Å². The van der Waals surface area contributed by atoms with Crippen LogP contribution in [0.4, 0.5) is 10.3 Å². The molecule has 1 aromatic heterocycles. The third-order valence-corrected chi connectivity index (χ3v) is 5.69. The Bertz CT molecular complexity index is 1010. The molecule has 3 aromatic rings. The lowest BCUT2D eigenvalue weighted by atomic mass is 9.95. The third kappa shape index (κ3) is 4.53. The van der Waals surface area contributed by atoms with Crippen LogP contribution in [0.25, 0.3) is 11.1 Å². The van der Waals surface area contributed by atoms with Gasteiger partial charge in [-0.25, -0.2) is 4.39 Å². The summed E-state index contributed by atoms with van der Waals surface area (Å²) < 4.78 is 20.1. The van der Waals surface area contributed by atoms with E-state index in [1.54, 1.807) is 12.1 Å². The molecule has 1 aliphatic rings. The average Bonchev–Trinajstić information content (AvgIpc) is 3.05. The van der Waals surface area contributed by atoms with E-state index in [1.807, 2.05) is 49.4 Å². The van der Waals surface area contributed by atoms with Crippen molar-refractivity contribution in [2.45, 2.75) is 38.5 Å². The van der Waals surface area contributed by atoms with Crippen molar-refractivity contribution in [2.75, 3.05) is 13.1 Å². The van der Waals surface area contributed by atoms with Gasteiger partial charge in [0, 0.05) is 30.6 Å². The van der Waals surface area contributed by atoms with Crippen molar-refractivity contribution in [3.8, 4) is 11.1 Å². The Morgan fingerprint density at radius 1 is 1.07 bits per heavy atom. The highest BCUT2D eigenvalue weighted by Crippen LogP contribution is 2.30. The van der Waals surface area contributed by atoms with Crippen LogP contribution >= 0.6 is 0 Å². The van der Waals surface area contributed by atoms with Crippen molar-refractivity contribution in [3.05, 3.63) is 71.7 Å². The van der Waals surface area contributed by atoms with Gasteiger partial charge >= 0.3 is 0 Å². The lowest BCUT2D eigenvalue weighted by Gasteiger charge is -2.20. The van der Waals surface area contributed by atoms with Crippen LogP contribution < -0.4 is 5.73 Å². The van der Waals surface area contributed by atoms with Gasteiger partial charge in [-0.15, -0.1) is 0 Å². The minimum absolute atomic E-state index is 0.128. The summed E-state index contributed by atoms with van der Waals surface area (Å²) in [5.41, 5.74) is 9.15. The Morgan fingerprint density at radius 2 is 1.80 bits per heavy atom. The quantitative estimate of drug-likeness (QED) is 0.462. The normalized spacial score (nSPS) is 16.3. The molecule has 156 valence electrons. The molecule has 2 heterocycles. The van der Waals surface area contributed by atoms with Crippen LogP contribution in [0.15, 0.2) is 64.1 Å². The maximum absolute atomic E-state index is 14.7. The number of hydrogen-bond donors (Lipinski definition) is 1. The molecule has 0 bridgehead atoms. The lowest BCUT2D eigenvalue weighted by Crippen LogP contribution is -2.37. The minimum Gasteiger partial charge on any atom is -0.369 e. The summed E-state index contributed by atoms with van der Waals surface area (Å²) in [6.45, 7) is 3.81. The van der Waals surface area contributed by atoms with E-state index in [-0.39, 0.29) is 11.7 Å². The van der Waals surface area contributed by atoms with Crippen LogP contribution in [0.1, 0.15) is 49.8 Å². The summed E-state index contributed by atoms with van der Waals surface area (Å²) in [5, 5.41) is 4.14. The molecule has 6 heteroatoms. The molecule has 30 heavy (non-hydrogen) atoms. The predicted octanol–water partition coefficient (Wildman–Crippen LogP) is 5.45. The Balaban J connectivity index is 1.50. The Kier molecular flexibility index (Phi) is 6.12. The van der Waals surface area contributed by atoms with Crippen LogP contribution in [-0.4, -0.2) is 29.1 Å². The lowest BCUT2D eigenvalue weighted by molar-refractivity contribution is 0.410. The molecule has 2 N–H and O–H groups in total. The van der Waals surface area contributed by atoms with Gasteiger partial charge in [-0.1, -0.05) is 67.4 Å². The Hall–Kier alpha value is -3.15. The van der Waals surface area contributed by atoms with Gasteiger partial charge in [0.25, 0.3) is 5.88 Å². The summed E-state index contributed by atoms with van der Waals surface area (Å²) in [7, 11) is 0. The Labute approximate surface area is 176 Å². The molecule has 0 spiro atoms. The number of likely N-dealkylation sites (tertiary alicyclic amines) is 1. The first kappa shape index (κ1) is 20.1. The number of benzene rings is 2. The van der Waals surface area contributed by atoms with Gasteiger partial charge in [0.05, 0.1) is 5.69 Å². The fourth-order valence-corrected chi connectivity index (χ4v) is 3.84. The SMILES string of the molecule is CC(c1ccc(-c2ccccc2)c(F)c1)c1cc(/N=C(\N)N2CCCCCC2)on1. The van der Waals surface area contributed by atoms with Gasteiger partial charge in [-0.2, -0.15) is 4.99 Å². The monoisotopic (exact) mass is 406 g/mol. The maximum Gasteiger partial charge on any atom is 0.253 e. The molecule has 1 fully saturated rings. The molecular formula is C24H27FN4O. The van der Waals surface area contributed by atoms with E-state index in [4.69, 9.17) is 10.3 Å². The number of aromatic nitrogens is 1. The van der Waals surface area contributed by atoms with E-state index in [1.165, 1.54) is 12.8 Å². The smallest absolute Gasteiger partial charge is 0.253 e. The zero-order valence-electron chi connectivity index (χ0n) is 17.2. The standard InChI is InChI=1S/C24H27FN4O/c1-17(19-11-12-20(21(25)15-19)18-9-5-4-6-10-18)22-16-23(30-28-22)27-24(26)29-13-7-2-3-8-14-29/h4-6,9-12,15-17H,2-3,7-8,13-14H2,1H3,(H2,26,27). The van der Waals surface area contributed by atoms with E-state index in [9.17, 15) is 4.39 Å². The molecule has 1 saturated heterocycles. The highest BCUT2D eigenvalue weighted by molar-refractivity contribution is 5.80. The highest BCUT2D eigenvalue weighted by Gasteiger charge is 2.17. The van der Waals surface area contributed by atoms with Gasteiger partial charge < -0.3 is 15.2 Å². The van der Waals surface area contributed by atoms with Crippen LogP contribution in [0.5, 0.6) is 0 Å². The summed E-state index contributed by atoms with van der Waals surface area (Å²) in [4.78, 5) is 6.50. The molecule has 5 nitrogen and oxygen atoms in total. The first-order valence-corrected chi connectivity index (χ1v) is 10.5. The molecule has 1 aliphatic heterocycles. The van der Waals surface area contributed by atoms with Gasteiger partial charge in [0.1, 0.15) is 5.82 Å². The fourth-order valence-electron chi connectivity index (χ4n) is 3.84. The predicted molar refractivity (Wildman–Crippen MR) is 117 cm³/mol. The molecule has 4 rings (SSSR count). The first-order valence-electron chi connectivity index (χ1n) is 10.5. The van der Waals surface area contributed by atoms with Crippen molar-refractivity contribution in [2.24, 2.45) is 10.7 Å². The van der Waals surface area contributed by atoms with E-state index in [0.29, 0.717) is 23.1 Å². The highest BCUT2D eigenvalue weighted by atomic mass is 19.1. The summed E-state index contributed by atoms with van der Waals surface area (Å²) in [6.07, 6.45) is 4.71. The summed E-state index contributed by atoms with van der Waals surface area (Å²) >= 11 is 0. The molecule has 2 aromatic carbocycles. The Morgan fingerprint density at radius 3 is 2.50 bits per heavy atom. The third-order valence-electron chi connectivity index (χ3n) is 5.69. The van der Waals surface area contributed by atoms with Gasteiger partial charge in [0.2, 0.25) is 0 Å². The molecule has 0 radical (unpaired) electrons. The van der Waals surface area contributed by atoms with Crippen LogP contribution in [0.2, 0.25) is 0 Å². The molecule has 1 atom stereocenters. The first-order chi connectivity index (χ1) is 14.6. The number of aliphatic imine (C=N–C) groups is 1. The van der Waals surface area contributed by atoms with Crippen molar-refractivity contribution >= 4 is 11.8 Å². The van der Waals surface area contributed by atoms with E-state index < -0.39 is 0 Å². The molecular weight excluding hydrogens is 379 g/mol. The second-order valence-electron chi connectivity index (χ2n) is 7.79. The van der Waals surface area contributed by atoms with Gasteiger partial charge in [-0.05, 0) is 30.0 Å². The minimum atomic E-state index is -0.252. The van der Waals surface area contributed by atoms with Crippen LogP contribution in [0, 0.1) is 5.82 Å². The van der Waals surface area contributed by atoms with Gasteiger partial charge in [0.15, 0.2) is 5.96 Å². The topological polar surface area (TPSA) is 67.7 Å². The van der Waals surface area contributed by atoms with E-state index in [2.05, 4.69) is 15.0 Å². The average molecular weight is 407 g/mol. The number of guanidine groups is 1. The maximum atomic E-state index is 14.7. The summed E-state index contributed by atoms with van der Waals surface area (Å²) in [5.74, 6) is 0.458. The molecule has 0 amide bonds. The number of nitrogens with zero attached hydrogens (tertiary/aromatic N) is 3.